The first-order valence-electron chi connectivity index (χ1n) is 8.64. The lowest BCUT2D eigenvalue weighted by Gasteiger charge is -2.32. The van der Waals surface area contributed by atoms with E-state index in [4.69, 9.17) is 9.47 Å². The number of rotatable bonds is 6. The minimum absolute atomic E-state index is 0.0531. The summed E-state index contributed by atoms with van der Waals surface area (Å²) in [6.45, 7) is 1.70. The van der Waals surface area contributed by atoms with E-state index >= 15 is 0 Å². The number of carbonyl (C=O) groups is 2. The largest absolute Gasteiger partial charge is 0.490 e. The number of esters is 1. The molecule has 6 heteroatoms. The van der Waals surface area contributed by atoms with Crippen molar-refractivity contribution < 1.29 is 23.5 Å². The number of amides is 1. The number of fused-ring (bicyclic) bond motifs is 1. The predicted octanol–water partition coefficient (Wildman–Crippen LogP) is 3.71. The van der Waals surface area contributed by atoms with Gasteiger partial charge < -0.3 is 14.4 Å². The van der Waals surface area contributed by atoms with E-state index < -0.39 is 12.0 Å². The summed E-state index contributed by atoms with van der Waals surface area (Å²) in [6.07, 6.45) is 3.60. The molecule has 0 spiro atoms. The maximum absolute atomic E-state index is 12.8. The van der Waals surface area contributed by atoms with Gasteiger partial charge >= 0.3 is 5.97 Å². The lowest BCUT2D eigenvalue weighted by molar-refractivity contribution is -0.146. The number of hydrogen-bond acceptors (Lipinski definition) is 4. The highest BCUT2D eigenvalue weighted by atomic mass is 19.1. The number of ether oxygens (including phenoxy) is 2. The number of nitrogens with zero attached hydrogens (tertiary/aromatic N) is 1. The molecule has 27 heavy (non-hydrogen) atoms. The predicted molar refractivity (Wildman–Crippen MR) is 98.2 cm³/mol. The van der Waals surface area contributed by atoms with Crippen molar-refractivity contribution in [2.75, 3.05) is 13.2 Å². The van der Waals surface area contributed by atoms with Crippen LogP contribution < -0.4 is 4.74 Å². The van der Waals surface area contributed by atoms with Crippen LogP contribution in [0.15, 0.2) is 54.7 Å². The Labute approximate surface area is 157 Å². The Morgan fingerprint density at radius 2 is 1.81 bits per heavy atom. The molecule has 1 heterocycles. The van der Waals surface area contributed by atoms with E-state index in [-0.39, 0.29) is 31.4 Å². The molecule has 0 aliphatic carbocycles. The summed E-state index contributed by atoms with van der Waals surface area (Å²) < 4.78 is 23.5. The maximum Gasteiger partial charge on any atom is 0.308 e. The van der Waals surface area contributed by atoms with Crippen LogP contribution >= 0.6 is 0 Å². The van der Waals surface area contributed by atoms with Gasteiger partial charge in [-0.3, -0.25) is 9.59 Å². The Morgan fingerprint density at radius 1 is 1.07 bits per heavy atom. The van der Waals surface area contributed by atoms with E-state index in [0.29, 0.717) is 5.75 Å². The molecule has 0 unspecified atom stereocenters. The summed E-state index contributed by atoms with van der Waals surface area (Å²) in [4.78, 5) is 25.7. The highest BCUT2D eigenvalue weighted by Crippen LogP contribution is 2.33. The van der Waals surface area contributed by atoms with Crippen molar-refractivity contribution in [3.63, 3.8) is 0 Å². The number of hydrogen-bond donors (Lipinski definition) is 0. The molecule has 0 aromatic heterocycles. The summed E-state index contributed by atoms with van der Waals surface area (Å²) in [5.41, 5.74) is 1.89. The highest BCUT2D eigenvalue weighted by Gasteiger charge is 2.28. The van der Waals surface area contributed by atoms with E-state index in [9.17, 15) is 14.0 Å². The van der Waals surface area contributed by atoms with Crippen molar-refractivity contribution in [1.82, 2.24) is 4.90 Å². The monoisotopic (exact) mass is 369 g/mol. The summed E-state index contributed by atoms with van der Waals surface area (Å²) >= 11 is 0. The maximum atomic E-state index is 12.8. The highest BCUT2D eigenvalue weighted by molar-refractivity contribution is 5.80. The average Bonchev–Trinajstić information content (AvgIpc) is 2.66. The zero-order valence-corrected chi connectivity index (χ0v) is 14.9. The molecule has 140 valence electrons. The standard InChI is InChI=1S/C21H20FNO4/c1-15(24)23-11-10-16-4-2-3-5-19(16)20(23)14-21(25)27-13-12-26-18-8-6-17(22)7-9-18/h2-11,20H,12-14H2,1H3/t20-/m1/s1. The fourth-order valence-corrected chi connectivity index (χ4v) is 2.98. The van der Waals surface area contributed by atoms with Crippen molar-refractivity contribution in [2.24, 2.45) is 0 Å². The second-order valence-corrected chi connectivity index (χ2v) is 6.11. The molecule has 0 N–H and O–H groups in total. The fraction of sp³-hybridized carbons (Fsp3) is 0.238. The smallest absolute Gasteiger partial charge is 0.308 e. The molecule has 0 saturated heterocycles. The van der Waals surface area contributed by atoms with Crippen molar-refractivity contribution in [1.29, 1.82) is 0 Å². The summed E-state index contributed by atoms with van der Waals surface area (Å²) in [5, 5.41) is 0. The minimum Gasteiger partial charge on any atom is -0.490 e. The SMILES string of the molecule is CC(=O)N1C=Cc2ccccc2[C@H]1CC(=O)OCCOc1ccc(F)cc1. The van der Waals surface area contributed by atoms with Gasteiger partial charge in [-0.25, -0.2) is 4.39 Å². The van der Waals surface area contributed by atoms with Crippen LogP contribution in [0.5, 0.6) is 5.75 Å². The van der Waals surface area contributed by atoms with E-state index in [0.717, 1.165) is 11.1 Å². The van der Waals surface area contributed by atoms with E-state index in [1.54, 1.807) is 11.1 Å². The molecule has 0 radical (unpaired) electrons. The molecule has 1 atom stereocenters. The number of carbonyl (C=O) groups excluding carboxylic acids is 2. The van der Waals surface area contributed by atoms with Gasteiger partial charge in [0.05, 0.1) is 12.5 Å². The van der Waals surface area contributed by atoms with Crippen LogP contribution in [0.25, 0.3) is 6.08 Å². The Kier molecular flexibility index (Phi) is 5.86. The van der Waals surface area contributed by atoms with Crippen molar-refractivity contribution in [2.45, 2.75) is 19.4 Å². The second-order valence-electron chi connectivity index (χ2n) is 6.11. The quantitative estimate of drug-likeness (QED) is 0.575. The van der Waals surface area contributed by atoms with Gasteiger partial charge in [0.1, 0.15) is 24.8 Å². The molecule has 0 fully saturated rings. The molecule has 1 amide bonds. The molecular weight excluding hydrogens is 349 g/mol. The van der Waals surface area contributed by atoms with Crippen LogP contribution in [0.4, 0.5) is 4.39 Å². The van der Waals surface area contributed by atoms with Crippen molar-refractivity contribution in [3.8, 4) is 5.75 Å². The van der Waals surface area contributed by atoms with Crippen LogP contribution in [-0.2, 0) is 14.3 Å². The van der Waals surface area contributed by atoms with Gasteiger partial charge in [0, 0.05) is 13.1 Å². The van der Waals surface area contributed by atoms with Gasteiger partial charge in [-0.1, -0.05) is 24.3 Å². The molecular formula is C21H20FNO4. The number of benzene rings is 2. The van der Waals surface area contributed by atoms with Gasteiger partial charge in [-0.05, 0) is 41.5 Å². The Bertz CT molecular complexity index is 848. The summed E-state index contributed by atoms with van der Waals surface area (Å²) in [5.74, 6) is -0.399. The Morgan fingerprint density at radius 3 is 2.56 bits per heavy atom. The van der Waals surface area contributed by atoms with Crippen molar-refractivity contribution in [3.05, 3.63) is 71.7 Å². The first-order valence-corrected chi connectivity index (χ1v) is 8.64. The third-order valence-corrected chi connectivity index (χ3v) is 4.26. The van der Waals surface area contributed by atoms with Gasteiger partial charge in [0.25, 0.3) is 0 Å². The molecule has 3 rings (SSSR count). The number of halogens is 1. The zero-order valence-electron chi connectivity index (χ0n) is 14.9. The molecule has 2 aromatic rings. The van der Waals surface area contributed by atoms with Crippen LogP contribution in [-0.4, -0.2) is 30.0 Å². The van der Waals surface area contributed by atoms with Crippen LogP contribution in [0.1, 0.15) is 30.5 Å². The second kappa shape index (κ2) is 8.49. The van der Waals surface area contributed by atoms with Gasteiger partial charge in [0.15, 0.2) is 0 Å². The normalized spacial score (nSPS) is 15.2. The zero-order chi connectivity index (χ0) is 19.2. The summed E-state index contributed by atoms with van der Waals surface area (Å²) in [7, 11) is 0. The Hall–Kier alpha value is -3.15. The van der Waals surface area contributed by atoms with Crippen LogP contribution in [0.2, 0.25) is 0 Å². The fourth-order valence-electron chi connectivity index (χ4n) is 2.98. The molecule has 1 aliphatic rings. The average molecular weight is 369 g/mol. The lowest BCUT2D eigenvalue weighted by Crippen LogP contribution is -2.32. The third-order valence-electron chi connectivity index (χ3n) is 4.26. The van der Waals surface area contributed by atoms with Crippen molar-refractivity contribution >= 4 is 18.0 Å². The van der Waals surface area contributed by atoms with E-state index in [1.165, 1.54) is 31.2 Å². The van der Waals surface area contributed by atoms with E-state index in [1.807, 2.05) is 30.3 Å². The van der Waals surface area contributed by atoms with Gasteiger partial charge in [-0.2, -0.15) is 0 Å². The first kappa shape index (κ1) is 18.6. The van der Waals surface area contributed by atoms with Gasteiger partial charge in [0.2, 0.25) is 5.91 Å². The van der Waals surface area contributed by atoms with Crippen LogP contribution in [0.3, 0.4) is 0 Å². The molecule has 1 aliphatic heterocycles. The topological polar surface area (TPSA) is 55.8 Å². The molecule has 2 aromatic carbocycles. The summed E-state index contributed by atoms with van der Waals surface area (Å²) in [6, 6.07) is 12.9. The van der Waals surface area contributed by atoms with E-state index in [2.05, 4.69) is 0 Å². The molecule has 0 saturated carbocycles. The minimum atomic E-state index is -0.418. The van der Waals surface area contributed by atoms with Crippen LogP contribution in [0, 0.1) is 5.82 Å². The van der Waals surface area contributed by atoms with Gasteiger partial charge in [-0.15, -0.1) is 0 Å². The first-order chi connectivity index (χ1) is 13.0. The Balaban J connectivity index is 1.55. The lowest BCUT2D eigenvalue weighted by atomic mass is 9.94. The molecule has 0 bridgehead atoms. The molecule has 5 nitrogen and oxygen atoms in total. The third kappa shape index (κ3) is 4.73.